The Kier molecular flexibility index (Phi) is 30.9. The van der Waals surface area contributed by atoms with E-state index in [1.807, 2.05) is 0 Å². The van der Waals surface area contributed by atoms with E-state index in [9.17, 15) is 5.11 Å². The van der Waals surface area contributed by atoms with Crippen LogP contribution in [0.1, 0.15) is 187 Å². The van der Waals surface area contributed by atoms with Crippen molar-refractivity contribution in [2.75, 3.05) is 13.1 Å². The van der Waals surface area contributed by atoms with E-state index in [-0.39, 0.29) is 6.10 Å². The van der Waals surface area contributed by atoms with Crippen molar-refractivity contribution in [3.05, 3.63) is 0 Å². The van der Waals surface area contributed by atoms with Gasteiger partial charge in [0.1, 0.15) is 0 Å². The Morgan fingerprint density at radius 1 is 0.412 bits per heavy atom. The van der Waals surface area contributed by atoms with Gasteiger partial charge in [-0.05, 0) is 19.4 Å². The highest BCUT2D eigenvalue weighted by molar-refractivity contribution is 4.60. The molecule has 0 saturated heterocycles. The fraction of sp³-hybridized carbons (Fsp3) is 1.00. The van der Waals surface area contributed by atoms with E-state index in [1.54, 1.807) is 0 Å². The van der Waals surface area contributed by atoms with E-state index < -0.39 is 0 Å². The summed E-state index contributed by atoms with van der Waals surface area (Å²) in [5.74, 6) is 0. The number of hydrogen-bond donors (Lipinski definition) is 2. The van der Waals surface area contributed by atoms with Crippen LogP contribution in [0.2, 0.25) is 0 Å². The second kappa shape index (κ2) is 31.0. The molecular formula is C32H67NO. The summed E-state index contributed by atoms with van der Waals surface area (Å²) in [5, 5.41) is 13.6. The molecule has 2 nitrogen and oxygen atoms in total. The molecule has 0 saturated carbocycles. The van der Waals surface area contributed by atoms with E-state index in [1.165, 1.54) is 167 Å². The summed E-state index contributed by atoms with van der Waals surface area (Å²) in [6, 6.07) is 0. The average Bonchev–Trinajstić information content (AvgIpc) is 2.84. The second-order valence-corrected chi connectivity index (χ2v) is 11.1. The predicted octanol–water partition coefficient (Wildman–Crippen LogP) is 10.5. The molecule has 0 aliphatic carbocycles. The van der Waals surface area contributed by atoms with Crippen LogP contribution >= 0.6 is 0 Å². The second-order valence-electron chi connectivity index (χ2n) is 11.1. The highest BCUT2D eigenvalue weighted by Gasteiger charge is 2.03. The molecule has 0 bridgehead atoms. The van der Waals surface area contributed by atoms with Gasteiger partial charge in [-0.15, -0.1) is 0 Å². The Morgan fingerprint density at radius 2 is 0.706 bits per heavy atom. The van der Waals surface area contributed by atoms with Crippen LogP contribution in [0.15, 0.2) is 0 Å². The highest BCUT2D eigenvalue weighted by Crippen LogP contribution is 2.14. The molecule has 0 radical (unpaired) electrons. The van der Waals surface area contributed by atoms with Crippen molar-refractivity contribution in [3.8, 4) is 0 Å². The maximum atomic E-state index is 10.2. The van der Waals surface area contributed by atoms with Crippen LogP contribution < -0.4 is 5.32 Å². The maximum Gasteiger partial charge on any atom is 0.0664 e. The first-order valence-electron chi connectivity index (χ1n) is 16.2. The molecule has 1 atom stereocenters. The first-order chi connectivity index (χ1) is 16.8. The number of hydrogen-bond acceptors (Lipinski definition) is 2. The molecule has 0 aromatic carbocycles. The Labute approximate surface area is 216 Å². The predicted molar refractivity (Wildman–Crippen MR) is 155 cm³/mol. The normalized spacial score (nSPS) is 12.4. The van der Waals surface area contributed by atoms with Gasteiger partial charge in [0.15, 0.2) is 0 Å². The van der Waals surface area contributed by atoms with E-state index >= 15 is 0 Å². The number of aliphatic hydroxyl groups excluding tert-OH is 1. The first-order valence-corrected chi connectivity index (χ1v) is 16.2. The van der Waals surface area contributed by atoms with E-state index in [2.05, 4.69) is 19.2 Å². The number of aliphatic hydroxyl groups is 1. The lowest BCUT2D eigenvalue weighted by molar-refractivity contribution is 0.158. The van der Waals surface area contributed by atoms with Gasteiger partial charge in [0.25, 0.3) is 0 Å². The van der Waals surface area contributed by atoms with Gasteiger partial charge in [0, 0.05) is 6.54 Å². The topological polar surface area (TPSA) is 32.3 Å². The average molecular weight is 482 g/mol. The van der Waals surface area contributed by atoms with Gasteiger partial charge in [-0.1, -0.05) is 174 Å². The fourth-order valence-electron chi connectivity index (χ4n) is 5.04. The van der Waals surface area contributed by atoms with Gasteiger partial charge in [0.2, 0.25) is 0 Å². The molecular weight excluding hydrogens is 414 g/mol. The van der Waals surface area contributed by atoms with Gasteiger partial charge >= 0.3 is 0 Å². The fourth-order valence-corrected chi connectivity index (χ4v) is 5.04. The summed E-state index contributed by atoms with van der Waals surface area (Å²) in [6.07, 6.45) is 37.3. The lowest BCUT2D eigenvalue weighted by Crippen LogP contribution is -2.27. The van der Waals surface area contributed by atoms with Crippen molar-refractivity contribution in [1.82, 2.24) is 5.32 Å². The molecule has 0 rings (SSSR count). The third-order valence-corrected chi connectivity index (χ3v) is 7.48. The summed E-state index contributed by atoms with van der Waals surface area (Å²) >= 11 is 0. The highest BCUT2D eigenvalue weighted by atomic mass is 16.3. The molecule has 0 amide bonds. The molecule has 0 spiro atoms. The number of nitrogens with one attached hydrogen (secondary N) is 1. The van der Waals surface area contributed by atoms with Crippen molar-refractivity contribution >= 4 is 0 Å². The summed E-state index contributed by atoms with van der Waals surface area (Å²) in [5.41, 5.74) is 0. The third kappa shape index (κ3) is 30.0. The molecule has 0 aromatic heterocycles. The molecule has 1 unspecified atom stereocenters. The lowest BCUT2D eigenvalue weighted by atomic mass is 10.0. The minimum atomic E-state index is -0.144. The minimum Gasteiger partial charge on any atom is -0.392 e. The van der Waals surface area contributed by atoms with Crippen LogP contribution in [0.4, 0.5) is 0 Å². The molecule has 0 heterocycles. The van der Waals surface area contributed by atoms with E-state index in [0.29, 0.717) is 0 Å². The minimum absolute atomic E-state index is 0.144. The lowest BCUT2D eigenvalue weighted by Gasteiger charge is -2.11. The van der Waals surface area contributed by atoms with Crippen molar-refractivity contribution in [3.63, 3.8) is 0 Å². The summed E-state index contributed by atoms with van der Waals surface area (Å²) in [7, 11) is 0. The van der Waals surface area contributed by atoms with Gasteiger partial charge < -0.3 is 10.4 Å². The molecule has 0 aliphatic heterocycles. The molecule has 0 aromatic rings. The van der Waals surface area contributed by atoms with Gasteiger partial charge in [-0.2, -0.15) is 0 Å². The Balaban J connectivity index is 3.13. The SMILES string of the molecule is CCCCCCCCCCCCCCCCNCC(O)CCCCCCCCCCCCCC. The van der Waals surface area contributed by atoms with Crippen LogP contribution in [-0.2, 0) is 0 Å². The van der Waals surface area contributed by atoms with Crippen LogP contribution in [0.3, 0.4) is 0 Å². The molecule has 206 valence electrons. The molecule has 2 heteroatoms. The zero-order valence-corrected chi connectivity index (χ0v) is 24.0. The van der Waals surface area contributed by atoms with Crippen LogP contribution in [0.5, 0.6) is 0 Å². The monoisotopic (exact) mass is 482 g/mol. The smallest absolute Gasteiger partial charge is 0.0664 e. The summed E-state index contributed by atoms with van der Waals surface area (Å²) < 4.78 is 0. The maximum absolute atomic E-state index is 10.2. The quantitative estimate of drug-likeness (QED) is 0.0999. The third-order valence-electron chi connectivity index (χ3n) is 7.48. The Bertz CT molecular complexity index is 346. The zero-order valence-electron chi connectivity index (χ0n) is 24.0. The summed E-state index contributed by atoms with van der Waals surface area (Å²) in [6.45, 7) is 6.45. The van der Waals surface area contributed by atoms with Gasteiger partial charge in [-0.3, -0.25) is 0 Å². The molecule has 0 aliphatic rings. The van der Waals surface area contributed by atoms with Crippen molar-refractivity contribution < 1.29 is 5.11 Å². The van der Waals surface area contributed by atoms with Gasteiger partial charge in [0.05, 0.1) is 6.10 Å². The molecule has 2 N–H and O–H groups in total. The molecule has 0 fully saturated rings. The van der Waals surface area contributed by atoms with Crippen LogP contribution in [0, 0.1) is 0 Å². The van der Waals surface area contributed by atoms with Crippen molar-refractivity contribution in [2.45, 2.75) is 193 Å². The van der Waals surface area contributed by atoms with Crippen LogP contribution in [-0.4, -0.2) is 24.3 Å². The number of unbranched alkanes of at least 4 members (excludes halogenated alkanes) is 24. The zero-order chi connectivity index (χ0) is 24.8. The standard InChI is InChI=1S/C32H67NO/c1-3-5-7-9-11-13-15-17-18-20-22-24-26-28-30-33-31-32(34)29-27-25-23-21-19-16-14-12-10-8-6-4-2/h32-34H,3-31H2,1-2H3. The van der Waals surface area contributed by atoms with Crippen molar-refractivity contribution in [2.24, 2.45) is 0 Å². The van der Waals surface area contributed by atoms with Crippen molar-refractivity contribution in [1.29, 1.82) is 0 Å². The first kappa shape index (κ1) is 33.9. The Hall–Kier alpha value is -0.0800. The van der Waals surface area contributed by atoms with E-state index in [0.717, 1.165) is 19.5 Å². The largest absolute Gasteiger partial charge is 0.392 e. The molecule has 34 heavy (non-hydrogen) atoms. The van der Waals surface area contributed by atoms with Gasteiger partial charge in [-0.25, -0.2) is 0 Å². The number of rotatable bonds is 30. The summed E-state index contributed by atoms with van der Waals surface area (Å²) in [4.78, 5) is 0. The Morgan fingerprint density at radius 3 is 1.06 bits per heavy atom. The van der Waals surface area contributed by atoms with Crippen LogP contribution in [0.25, 0.3) is 0 Å². The van der Waals surface area contributed by atoms with E-state index in [4.69, 9.17) is 0 Å².